The van der Waals surface area contributed by atoms with Gasteiger partial charge in [0.15, 0.2) is 0 Å². The molecule has 1 fully saturated rings. The highest BCUT2D eigenvalue weighted by molar-refractivity contribution is 6.04. The number of hydrogen-bond donors (Lipinski definition) is 1. The molecule has 0 spiro atoms. The van der Waals surface area contributed by atoms with E-state index in [0.717, 1.165) is 30.3 Å². The number of imidazole rings is 1. The van der Waals surface area contributed by atoms with E-state index in [1.165, 1.54) is 6.07 Å². The lowest BCUT2D eigenvalue weighted by atomic mass is 10.0. The molecule has 4 aromatic rings. The van der Waals surface area contributed by atoms with Gasteiger partial charge in [-0.3, -0.25) is 15.1 Å². The molecule has 3 aromatic heterocycles. The van der Waals surface area contributed by atoms with Crippen LogP contribution >= 0.6 is 0 Å². The fourth-order valence-electron chi connectivity index (χ4n) is 5.72. The third kappa shape index (κ3) is 4.26. The van der Waals surface area contributed by atoms with Gasteiger partial charge in [0.1, 0.15) is 5.82 Å². The van der Waals surface area contributed by atoms with Crippen molar-refractivity contribution < 1.29 is 13.9 Å². The summed E-state index contributed by atoms with van der Waals surface area (Å²) in [6.07, 6.45) is 4.85. The first-order valence-corrected chi connectivity index (χ1v) is 12.9. The summed E-state index contributed by atoms with van der Waals surface area (Å²) in [5, 5.41) is 7.41. The number of carbonyl (C=O) groups is 1. The molecule has 6 rings (SSSR count). The number of aromatic nitrogens is 5. The van der Waals surface area contributed by atoms with Crippen LogP contribution in [0.2, 0.25) is 0 Å². The summed E-state index contributed by atoms with van der Waals surface area (Å²) in [7, 11) is 1.85. The summed E-state index contributed by atoms with van der Waals surface area (Å²) in [4.78, 5) is 22.9. The summed E-state index contributed by atoms with van der Waals surface area (Å²) < 4.78 is 24.9. The van der Waals surface area contributed by atoms with Crippen LogP contribution in [0.15, 0.2) is 30.5 Å². The molecule has 9 heteroatoms. The predicted molar refractivity (Wildman–Crippen MR) is 139 cm³/mol. The zero-order valence-corrected chi connectivity index (χ0v) is 21.6. The first-order chi connectivity index (χ1) is 17.8. The molecule has 0 radical (unpaired) electrons. The van der Waals surface area contributed by atoms with E-state index < -0.39 is 0 Å². The Labute approximate surface area is 214 Å². The van der Waals surface area contributed by atoms with E-state index >= 15 is 0 Å². The van der Waals surface area contributed by atoms with Crippen LogP contribution in [0.4, 0.5) is 10.3 Å². The highest BCUT2D eigenvalue weighted by Gasteiger charge is 2.29. The van der Waals surface area contributed by atoms with Gasteiger partial charge in [0.05, 0.1) is 35.1 Å². The number of aryl methyl sites for hydroxylation is 2. The molecule has 2 atom stereocenters. The van der Waals surface area contributed by atoms with Crippen LogP contribution in [0.1, 0.15) is 60.6 Å². The van der Waals surface area contributed by atoms with Gasteiger partial charge in [-0.15, -0.1) is 0 Å². The second kappa shape index (κ2) is 8.97. The molecule has 192 valence electrons. The SMILES string of the molecule is Cc1cc2cc(n1)-c1cnn(C)c1OC[C@H]1CC[C@H](C1)Cn1c(nc3cc(F)c(C(C)C)cc31)NC2=O. The van der Waals surface area contributed by atoms with Crippen molar-refractivity contribution in [1.82, 2.24) is 24.3 Å². The maximum absolute atomic E-state index is 14.8. The van der Waals surface area contributed by atoms with Crippen LogP contribution < -0.4 is 10.1 Å². The maximum Gasteiger partial charge on any atom is 0.258 e. The third-order valence-corrected chi connectivity index (χ3v) is 7.64. The van der Waals surface area contributed by atoms with Crippen molar-refractivity contribution >= 4 is 22.9 Å². The van der Waals surface area contributed by atoms with Crippen molar-refractivity contribution in [2.45, 2.75) is 52.5 Å². The first kappa shape index (κ1) is 23.6. The monoisotopic (exact) mass is 502 g/mol. The van der Waals surface area contributed by atoms with Gasteiger partial charge in [0.2, 0.25) is 11.8 Å². The van der Waals surface area contributed by atoms with Crippen LogP contribution in [0.5, 0.6) is 5.88 Å². The lowest BCUT2D eigenvalue weighted by Gasteiger charge is -2.16. The zero-order chi connectivity index (χ0) is 25.8. The molecule has 8 nitrogen and oxygen atoms in total. The van der Waals surface area contributed by atoms with E-state index in [4.69, 9.17) is 4.74 Å². The molecule has 1 N–H and O–H groups in total. The van der Waals surface area contributed by atoms with Crippen molar-refractivity contribution in [2.75, 3.05) is 11.9 Å². The molecule has 1 aromatic carbocycles. The van der Waals surface area contributed by atoms with Crippen LogP contribution in [0.25, 0.3) is 22.3 Å². The topological polar surface area (TPSA) is 86.9 Å². The number of nitrogens with zero attached hydrogens (tertiary/aromatic N) is 5. The standard InChI is InChI=1S/C28H31FN6O2/c1-15(2)20-10-25-24(11-22(20)29)32-28-33-26(36)19-7-16(3)31-23(9-19)21-12-30-34(4)27(21)37-14-18-6-5-17(8-18)13-35(25)28/h7,9-12,15,17-18H,5-6,8,13-14H2,1-4H3,(H,32,33,36)/t17-,18+/m1/s1. The number of nitrogens with one attached hydrogen (secondary N) is 1. The molecular weight excluding hydrogens is 471 g/mol. The predicted octanol–water partition coefficient (Wildman–Crippen LogP) is 5.46. The Morgan fingerprint density at radius 2 is 1.95 bits per heavy atom. The second-order valence-corrected chi connectivity index (χ2v) is 10.7. The summed E-state index contributed by atoms with van der Waals surface area (Å²) in [6, 6.07) is 6.87. The third-order valence-electron chi connectivity index (χ3n) is 7.64. The van der Waals surface area contributed by atoms with Crippen molar-refractivity contribution in [3.05, 3.63) is 53.1 Å². The Bertz CT molecular complexity index is 1520. The number of amides is 1. The van der Waals surface area contributed by atoms with Gasteiger partial charge in [-0.05, 0) is 67.7 Å². The fraction of sp³-hybridized carbons (Fsp3) is 0.429. The highest BCUT2D eigenvalue weighted by atomic mass is 19.1. The summed E-state index contributed by atoms with van der Waals surface area (Å²) in [6.45, 7) is 7.11. The first-order valence-electron chi connectivity index (χ1n) is 12.9. The van der Waals surface area contributed by atoms with Crippen LogP contribution in [0.3, 0.4) is 0 Å². The van der Waals surface area contributed by atoms with Gasteiger partial charge < -0.3 is 9.30 Å². The molecule has 0 unspecified atom stereocenters. The van der Waals surface area contributed by atoms with Crippen LogP contribution in [-0.2, 0) is 13.6 Å². The van der Waals surface area contributed by atoms with E-state index in [1.807, 2.05) is 33.9 Å². The minimum Gasteiger partial charge on any atom is -0.477 e. The van der Waals surface area contributed by atoms with Crippen molar-refractivity contribution in [2.24, 2.45) is 18.9 Å². The molecule has 1 amide bonds. The maximum atomic E-state index is 14.8. The number of hydrogen-bond acceptors (Lipinski definition) is 5. The largest absolute Gasteiger partial charge is 0.477 e. The Kier molecular flexibility index (Phi) is 5.73. The number of fused-ring (bicyclic) bond motifs is 9. The van der Waals surface area contributed by atoms with Crippen LogP contribution in [0, 0.1) is 24.6 Å². The van der Waals surface area contributed by atoms with E-state index in [9.17, 15) is 9.18 Å². The minimum absolute atomic E-state index is 0.0368. The molecule has 1 aliphatic heterocycles. The molecule has 1 saturated carbocycles. The summed E-state index contributed by atoms with van der Waals surface area (Å²) in [5.41, 5.74) is 4.59. The molecule has 0 saturated heterocycles. The lowest BCUT2D eigenvalue weighted by Crippen LogP contribution is -2.18. The van der Waals surface area contributed by atoms with Gasteiger partial charge in [0, 0.05) is 30.9 Å². The minimum atomic E-state index is -0.293. The van der Waals surface area contributed by atoms with E-state index in [1.54, 1.807) is 23.0 Å². The average Bonchev–Trinajstić information content (AvgIpc) is 3.54. The van der Waals surface area contributed by atoms with Gasteiger partial charge in [-0.1, -0.05) is 13.8 Å². The molecule has 1 aliphatic carbocycles. The zero-order valence-electron chi connectivity index (χ0n) is 21.6. The number of benzene rings is 1. The van der Waals surface area contributed by atoms with Crippen molar-refractivity contribution in [3.8, 4) is 17.1 Å². The van der Waals surface area contributed by atoms with E-state index in [2.05, 4.69) is 25.0 Å². The quantitative estimate of drug-likeness (QED) is 0.373. The van der Waals surface area contributed by atoms with Gasteiger partial charge in [-0.2, -0.15) is 5.10 Å². The molecule has 37 heavy (non-hydrogen) atoms. The Morgan fingerprint density at radius 1 is 1.14 bits per heavy atom. The molecule has 2 aliphatic rings. The number of anilines is 1. The normalized spacial score (nSPS) is 19.7. The van der Waals surface area contributed by atoms with Gasteiger partial charge in [-0.25, -0.2) is 14.1 Å². The second-order valence-electron chi connectivity index (χ2n) is 10.7. The Morgan fingerprint density at radius 3 is 2.76 bits per heavy atom. The smallest absolute Gasteiger partial charge is 0.258 e. The summed E-state index contributed by atoms with van der Waals surface area (Å²) >= 11 is 0. The Balaban J connectivity index is 1.49. The molecule has 4 heterocycles. The molecular formula is C28H31FN6O2. The number of carbonyl (C=O) groups excluding carboxylic acids is 1. The van der Waals surface area contributed by atoms with Crippen molar-refractivity contribution in [1.29, 1.82) is 0 Å². The van der Waals surface area contributed by atoms with Crippen LogP contribution in [-0.4, -0.2) is 36.8 Å². The fourth-order valence-corrected chi connectivity index (χ4v) is 5.72. The summed E-state index contributed by atoms with van der Waals surface area (Å²) in [5.74, 6) is 1.38. The van der Waals surface area contributed by atoms with E-state index in [-0.39, 0.29) is 17.6 Å². The number of ether oxygens (including phenoxy) is 1. The lowest BCUT2D eigenvalue weighted by molar-refractivity contribution is 0.102. The number of rotatable bonds is 1. The molecule has 4 bridgehead atoms. The highest BCUT2D eigenvalue weighted by Crippen LogP contribution is 2.37. The van der Waals surface area contributed by atoms with E-state index in [0.29, 0.717) is 64.8 Å². The average molecular weight is 503 g/mol. The van der Waals surface area contributed by atoms with Crippen molar-refractivity contribution in [3.63, 3.8) is 0 Å². The Hall–Kier alpha value is -3.75. The van der Waals surface area contributed by atoms with Gasteiger partial charge in [0.25, 0.3) is 5.91 Å². The van der Waals surface area contributed by atoms with Gasteiger partial charge >= 0.3 is 0 Å². The number of halogens is 1. The number of pyridine rings is 1.